The lowest BCUT2D eigenvalue weighted by Gasteiger charge is -2.33. The molecule has 0 radical (unpaired) electrons. The van der Waals surface area contributed by atoms with Gasteiger partial charge in [-0.2, -0.15) is 4.31 Å². The highest BCUT2D eigenvalue weighted by atomic mass is 32.2. The number of aliphatic hydroxyl groups excluding tert-OH is 1. The molecule has 0 amide bonds. The van der Waals surface area contributed by atoms with Crippen molar-refractivity contribution in [1.29, 1.82) is 0 Å². The van der Waals surface area contributed by atoms with E-state index in [9.17, 15) is 13.5 Å². The van der Waals surface area contributed by atoms with Crippen LogP contribution in [0, 0.1) is 5.92 Å². The molecule has 0 saturated carbocycles. The maximum Gasteiger partial charge on any atom is 0.243 e. The Kier molecular flexibility index (Phi) is 5.03. The van der Waals surface area contributed by atoms with Gasteiger partial charge in [0, 0.05) is 19.1 Å². The lowest BCUT2D eigenvalue weighted by atomic mass is 9.99. The predicted molar refractivity (Wildman–Crippen MR) is 82.5 cm³/mol. The van der Waals surface area contributed by atoms with Crippen LogP contribution in [0.15, 0.2) is 29.2 Å². The highest BCUT2D eigenvalue weighted by Gasteiger charge is 2.32. The van der Waals surface area contributed by atoms with Gasteiger partial charge in [-0.15, -0.1) is 0 Å². The van der Waals surface area contributed by atoms with Crippen molar-refractivity contribution < 1.29 is 13.5 Å². The molecule has 3 unspecified atom stereocenters. The van der Waals surface area contributed by atoms with Crippen molar-refractivity contribution in [3.05, 3.63) is 29.8 Å². The lowest BCUT2D eigenvalue weighted by Crippen LogP contribution is -2.44. The molecule has 2 N–H and O–H groups in total. The standard InChI is InChI=1S/C15H24N2O3S/c1-11-10-17(9-8-15(11)18)21(19,20)14-6-4-13(5-7-14)12(2)16-3/h4-7,11-12,15-16,18H,8-10H2,1-3H3. The second-order valence-electron chi connectivity index (χ2n) is 5.78. The normalized spacial score (nSPS) is 25.7. The van der Waals surface area contributed by atoms with E-state index in [1.165, 1.54) is 4.31 Å². The summed E-state index contributed by atoms with van der Waals surface area (Å²) >= 11 is 0. The van der Waals surface area contributed by atoms with E-state index in [1.807, 2.05) is 33.0 Å². The van der Waals surface area contributed by atoms with Crippen molar-refractivity contribution in [2.45, 2.75) is 37.3 Å². The fraction of sp³-hybridized carbons (Fsp3) is 0.600. The fourth-order valence-corrected chi connectivity index (χ4v) is 4.11. The number of hydrogen-bond donors (Lipinski definition) is 2. The number of aliphatic hydroxyl groups is 1. The average Bonchev–Trinajstić information content (AvgIpc) is 2.49. The molecule has 1 aromatic carbocycles. The number of sulfonamides is 1. The van der Waals surface area contributed by atoms with E-state index < -0.39 is 16.1 Å². The highest BCUT2D eigenvalue weighted by molar-refractivity contribution is 7.89. The van der Waals surface area contributed by atoms with Crippen molar-refractivity contribution in [3.8, 4) is 0 Å². The second kappa shape index (κ2) is 6.44. The number of benzene rings is 1. The summed E-state index contributed by atoms with van der Waals surface area (Å²) in [5, 5.41) is 12.9. The van der Waals surface area contributed by atoms with Crippen LogP contribution < -0.4 is 5.32 Å². The molecule has 1 fully saturated rings. The Bertz CT molecular complexity index is 571. The van der Waals surface area contributed by atoms with Gasteiger partial charge in [-0.25, -0.2) is 8.42 Å². The van der Waals surface area contributed by atoms with Gasteiger partial charge >= 0.3 is 0 Å². The first-order valence-electron chi connectivity index (χ1n) is 7.31. The third-order valence-electron chi connectivity index (χ3n) is 4.27. The first-order chi connectivity index (χ1) is 9.86. The summed E-state index contributed by atoms with van der Waals surface area (Å²) in [7, 11) is -1.59. The van der Waals surface area contributed by atoms with Crippen LogP contribution in [0.1, 0.15) is 31.9 Å². The summed E-state index contributed by atoms with van der Waals surface area (Å²) < 4.78 is 26.7. The van der Waals surface area contributed by atoms with Crippen LogP contribution in [0.5, 0.6) is 0 Å². The minimum absolute atomic E-state index is 0.0305. The van der Waals surface area contributed by atoms with Crippen LogP contribution in [0.4, 0.5) is 0 Å². The van der Waals surface area contributed by atoms with E-state index in [0.29, 0.717) is 24.4 Å². The molecular weight excluding hydrogens is 288 g/mol. The summed E-state index contributed by atoms with van der Waals surface area (Å²) in [6, 6.07) is 7.20. The third-order valence-corrected chi connectivity index (χ3v) is 6.15. The first-order valence-corrected chi connectivity index (χ1v) is 8.75. The fourth-order valence-electron chi connectivity index (χ4n) is 2.56. The van der Waals surface area contributed by atoms with E-state index in [-0.39, 0.29) is 12.0 Å². The Morgan fingerprint density at radius 3 is 2.48 bits per heavy atom. The molecule has 1 aliphatic heterocycles. The van der Waals surface area contributed by atoms with Crippen LogP contribution in [0.3, 0.4) is 0 Å². The molecule has 1 heterocycles. The van der Waals surface area contributed by atoms with E-state index in [4.69, 9.17) is 0 Å². The van der Waals surface area contributed by atoms with Crippen LogP contribution in [0.25, 0.3) is 0 Å². The highest BCUT2D eigenvalue weighted by Crippen LogP contribution is 2.24. The molecule has 3 atom stereocenters. The van der Waals surface area contributed by atoms with E-state index in [0.717, 1.165) is 5.56 Å². The van der Waals surface area contributed by atoms with Crippen LogP contribution in [0.2, 0.25) is 0 Å². The maximum atomic E-state index is 12.6. The molecular formula is C15H24N2O3S. The number of hydrogen-bond acceptors (Lipinski definition) is 4. The van der Waals surface area contributed by atoms with Gasteiger partial charge in [0.1, 0.15) is 0 Å². The Balaban J connectivity index is 2.20. The molecule has 0 aliphatic carbocycles. The number of piperidine rings is 1. The average molecular weight is 312 g/mol. The zero-order valence-corrected chi connectivity index (χ0v) is 13.6. The Labute approximate surface area is 127 Å². The third kappa shape index (κ3) is 3.45. The van der Waals surface area contributed by atoms with Crippen LogP contribution in [-0.4, -0.2) is 44.1 Å². The van der Waals surface area contributed by atoms with E-state index >= 15 is 0 Å². The van der Waals surface area contributed by atoms with Crippen molar-refractivity contribution in [2.24, 2.45) is 5.92 Å². The van der Waals surface area contributed by atoms with Gasteiger partial charge in [0.05, 0.1) is 11.0 Å². The molecule has 1 saturated heterocycles. The summed E-state index contributed by atoms with van der Waals surface area (Å²) in [6.07, 6.45) is 0.0882. The van der Waals surface area contributed by atoms with Gasteiger partial charge in [-0.3, -0.25) is 0 Å². The predicted octanol–water partition coefficient (Wildman–Crippen LogP) is 1.36. The lowest BCUT2D eigenvalue weighted by molar-refractivity contribution is 0.0628. The quantitative estimate of drug-likeness (QED) is 0.881. The molecule has 1 aliphatic rings. The molecule has 0 bridgehead atoms. The van der Waals surface area contributed by atoms with Crippen LogP contribution >= 0.6 is 0 Å². The monoisotopic (exact) mass is 312 g/mol. The number of nitrogens with zero attached hydrogens (tertiary/aromatic N) is 1. The minimum atomic E-state index is -3.47. The Hall–Kier alpha value is -0.950. The Morgan fingerprint density at radius 2 is 1.95 bits per heavy atom. The maximum absolute atomic E-state index is 12.6. The largest absolute Gasteiger partial charge is 0.393 e. The molecule has 5 nitrogen and oxygen atoms in total. The molecule has 21 heavy (non-hydrogen) atoms. The van der Waals surface area contributed by atoms with Gasteiger partial charge < -0.3 is 10.4 Å². The van der Waals surface area contributed by atoms with Crippen LogP contribution in [-0.2, 0) is 10.0 Å². The van der Waals surface area contributed by atoms with E-state index in [2.05, 4.69) is 5.32 Å². The minimum Gasteiger partial charge on any atom is -0.393 e. The summed E-state index contributed by atoms with van der Waals surface area (Å²) in [6.45, 7) is 4.65. The van der Waals surface area contributed by atoms with Gasteiger partial charge in [0.15, 0.2) is 0 Å². The van der Waals surface area contributed by atoms with Gasteiger partial charge in [-0.05, 0) is 44.0 Å². The summed E-state index contributed by atoms with van der Waals surface area (Å²) in [4.78, 5) is 0.318. The topological polar surface area (TPSA) is 69.6 Å². The van der Waals surface area contributed by atoms with Crippen molar-refractivity contribution in [2.75, 3.05) is 20.1 Å². The second-order valence-corrected chi connectivity index (χ2v) is 7.71. The molecule has 2 rings (SSSR count). The van der Waals surface area contributed by atoms with Gasteiger partial charge in [0.2, 0.25) is 10.0 Å². The van der Waals surface area contributed by atoms with Gasteiger partial charge in [-0.1, -0.05) is 19.1 Å². The number of nitrogens with one attached hydrogen (secondary N) is 1. The molecule has 1 aromatic rings. The first kappa shape index (κ1) is 16.4. The molecule has 6 heteroatoms. The zero-order chi connectivity index (χ0) is 15.6. The smallest absolute Gasteiger partial charge is 0.243 e. The molecule has 0 spiro atoms. The van der Waals surface area contributed by atoms with E-state index in [1.54, 1.807) is 12.1 Å². The van der Waals surface area contributed by atoms with Gasteiger partial charge in [0.25, 0.3) is 0 Å². The van der Waals surface area contributed by atoms with Crippen molar-refractivity contribution in [3.63, 3.8) is 0 Å². The Morgan fingerprint density at radius 1 is 1.33 bits per heavy atom. The van der Waals surface area contributed by atoms with Crippen molar-refractivity contribution in [1.82, 2.24) is 9.62 Å². The number of rotatable bonds is 4. The zero-order valence-electron chi connectivity index (χ0n) is 12.8. The molecule has 118 valence electrons. The van der Waals surface area contributed by atoms with Crippen molar-refractivity contribution >= 4 is 10.0 Å². The summed E-state index contributed by atoms with van der Waals surface area (Å²) in [5.41, 5.74) is 1.05. The summed E-state index contributed by atoms with van der Waals surface area (Å²) in [5.74, 6) is -0.0305. The molecule has 0 aromatic heterocycles. The SMILES string of the molecule is CNC(C)c1ccc(S(=O)(=O)N2CCC(O)C(C)C2)cc1.